The fraction of sp³-hybridized carbons (Fsp3) is 0.933. The Morgan fingerprint density at radius 3 is 2.33 bits per heavy atom. The lowest BCUT2D eigenvalue weighted by molar-refractivity contribution is -0.134. The van der Waals surface area contributed by atoms with E-state index in [1.807, 2.05) is 0 Å². The van der Waals surface area contributed by atoms with E-state index in [-0.39, 0.29) is 0 Å². The monoisotopic (exact) mass is 254 g/mol. The van der Waals surface area contributed by atoms with E-state index >= 15 is 0 Å². The average Bonchev–Trinajstić information content (AvgIpc) is 2.38. The third kappa shape index (κ3) is 4.97. The zero-order valence-corrected chi connectivity index (χ0v) is 12.2. The van der Waals surface area contributed by atoms with Gasteiger partial charge in [0.05, 0.1) is 0 Å². The summed E-state index contributed by atoms with van der Waals surface area (Å²) in [4.78, 5) is 14.3. The molecule has 1 aliphatic rings. The van der Waals surface area contributed by atoms with Crippen LogP contribution in [0.15, 0.2) is 0 Å². The highest BCUT2D eigenvalue weighted by Gasteiger charge is 2.26. The molecule has 1 amide bonds. The molecule has 0 atom stereocenters. The van der Waals surface area contributed by atoms with Crippen molar-refractivity contribution in [1.29, 1.82) is 0 Å². The van der Waals surface area contributed by atoms with E-state index in [0.29, 0.717) is 18.0 Å². The second-order valence-electron chi connectivity index (χ2n) is 5.56. The molecular weight excluding hydrogens is 224 g/mol. The van der Waals surface area contributed by atoms with Crippen LogP contribution in [0.5, 0.6) is 0 Å². The van der Waals surface area contributed by atoms with Crippen LogP contribution in [0.25, 0.3) is 0 Å². The molecule has 1 fully saturated rings. The molecule has 1 aliphatic carbocycles. The van der Waals surface area contributed by atoms with Crippen LogP contribution in [-0.4, -0.2) is 29.4 Å². The zero-order chi connectivity index (χ0) is 13.4. The maximum Gasteiger partial charge on any atom is 0.222 e. The number of rotatable bonds is 7. The SMILES string of the molecule is CCCCCCC(=O)N(CC)C1CCC(N)CC1. The van der Waals surface area contributed by atoms with Crippen LogP contribution >= 0.6 is 0 Å². The van der Waals surface area contributed by atoms with Crippen molar-refractivity contribution in [2.45, 2.75) is 83.7 Å². The lowest BCUT2D eigenvalue weighted by Crippen LogP contribution is -2.44. The highest BCUT2D eigenvalue weighted by atomic mass is 16.2. The molecule has 0 unspecified atom stereocenters. The smallest absolute Gasteiger partial charge is 0.222 e. The largest absolute Gasteiger partial charge is 0.340 e. The predicted octanol–water partition coefficient (Wildman–Crippen LogP) is 3.08. The lowest BCUT2D eigenvalue weighted by Gasteiger charge is -2.35. The van der Waals surface area contributed by atoms with Gasteiger partial charge >= 0.3 is 0 Å². The summed E-state index contributed by atoms with van der Waals surface area (Å²) in [6.07, 6.45) is 9.78. The van der Waals surface area contributed by atoms with Gasteiger partial charge in [0.2, 0.25) is 5.91 Å². The molecule has 106 valence electrons. The van der Waals surface area contributed by atoms with E-state index in [1.165, 1.54) is 19.3 Å². The normalized spacial score (nSPS) is 23.9. The van der Waals surface area contributed by atoms with Crippen molar-refractivity contribution in [3.05, 3.63) is 0 Å². The first-order valence-corrected chi connectivity index (χ1v) is 7.74. The molecule has 0 spiro atoms. The first-order chi connectivity index (χ1) is 8.69. The Kier molecular flexibility index (Phi) is 7.33. The molecule has 0 radical (unpaired) electrons. The van der Waals surface area contributed by atoms with Crippen LogP contribution in [-0.2, 0) is 4.79 Å². The molecule has 2 N–H and O–H groups in total. The summed E-state index contributed by atoms with van der Waals surface area (Å²) < 4.78 is 0. The molecule has 18 heavy (non-hydrogen) atoms. The first-order valence-electron chi connectivity index (χ1n) is 7.74. The topological polar surface area (TPSA) is 46.3 Å². The number of unbranched alkanes of at least 4 members (excludes halogenated alkanes) is 3. The summed E-state index contributed by atoms with van der Waals surface area (Å²) in [5.74, 6) is 0.356. The van der Waals surface area contributed by atoms with E-state index in [0.717, 1.165) is 45.1 Å². The maximum absolute atomic E-state index is 12.2. The van der Waals surface area contributed by atoms with Gasteiger partial charge < -0.3 is 10.6 Å². The number of amides is 1. The van der Waals surface area contributed by atoms with Crippen LogP contribution in [0, 0.1) is 0 Å². The van der Waals surface area contributed by atoms with E-state index in [4.69, 9.17) is 5.73 Å². The summed E-state index contributed by atoms with van der Waals surface area (Å²) in [6.45, 7) is 5.15. The van der Waals surface area contributed by atoms with Crippen LogP contribution in [0.4, 0.5) is 0 Å². The Hall–Kier alpha value is -0.570. The fourth-order valence-electron chi connectivity index (χ4n) is 2.90. The van der Waals surface area contributed by atoms with E-state index in [2.05, 4.69) is 18.7 Å². The molecule has 0 bridgehead atoms. The van der Waals surface area contributed by atoms with Gasteiger partial charge in [-0.05, 0) is 39.0 Å². The van der Waals surface area contributed by atoms with Gasteiger partial charge in [0.15, 0.2) is 0 Å². The van der Waals surface area contributed by atoms with Crippen LogP contribution in [0.2, 0.25) is 0 Å². The number of carbonyl (C=O) groups excluding carboxylic acids is 1. The number of hydrogen-bond donors (Lipinski definition) is 1. The molecule has 0 saturated heterocycles. The molecule has 0 heterocycles. The van der Waals surface area contributed by atoms with Gasteiger partial charge in [0.1, 0.15) is 0 Å². The Morgan fingerprint density at radius 1 is 1.11 bits per heavy atom. The number of nitrogens with two attached hydrogens (primary N) is 1. The molecule has 1 saturated carbocycles. The van der Waals surface area contributed by atoms with Crippen molar-refractivity contribution in [1.82, 2.24) is 4.90 Å². The molecule has 0 aromatic heterocycles. The van der Waals surface area contributed by atoms with Gasteiger partial charge in [-0.1, -0.05) is 26.2 Å². The van der Waals surface area contributed by atoms with Crippen LogP contribution < -0.4 is 5.73 Å². The standard InChI is InChI=1S/C15H30N2O/c1-3-5-6-7-8-15(18)17(4-2)14-11-9-13(16)10-12-14/h13-14H,3-12,16H2,1-2H3. The second kappa shape index (κ2) is 8.52. The molecule has 1 rings (SSSR count). The Labute approximate surface area is 112 Å². The van der Waals surface area contributed by atoms with Gasteiger partial charge in [0, 0.05) is 25.0 Å². The quantitative estimate of drug-likeness (QED) is 0.710. The van der Waals surface area contributed by atoms with Crippen LogP contribution in [0.1, 0.15) is 71.6 Å². The number of carbonyl (C=O) groups is 1. The summed E-state index contributed by atoms with van der Waals surface area (Å²) in [6, 6.07) is 0.813. The molecule has 3 nitrogen and oxygen atoms in total. The minimum absolute atomic E-state index is 0.356. The van der Waals surface area contributed by atoms with Crippen molar-refractivity contribution in [3.8, 4) is 0 Å². The predicted molar refractivity (Wildman–Crippen MR) is 76.4 cm³/mol. The summed E-state index contributed by atoms with van der Waals surface area (Å²) in [7, 11) is 0. The third-order valence-corrected chi connectivity index (χ3v) is 4.09. The Bertz CT molecular complexity index is 235. The Morgan fingerprint density at radius 2 is 1.78 bits per heavy atom. The van der Waals surface area contributed by atoms with Gasteiger partial charge in [-0.25, -0.2) is 0 Å². The van der Waals surface area contributed by atoms with Gasteiger partial charge in [-0.2, -0.15) is 0 Å². The molecule has 0 aromatic carbocycles. The van der Waals surface area contributed by atoms with Crippen molar-refractivity contribution in [2.75, 3.05) is 6.54 Å². The van der Waals surface area contributed by atoms with Gasteiger partial charge in [0.25, 0.3) is 0 Å². The van der Waals surface area contributed by atoms with Gasteiger partial charge in [-0.3, -0.25) is 4.79 Å². The minimum Gasteiger partial charge on any atom is -0.340 e. The Balaban J connectivity index is 2.32. The van der Waals surface area contributed by atoms with Crippen molar-refractivity contribution < 1.29 is 4.79 Å². The van der Waals surface area contributed by atoms with Gasteiger partial charge in [-0.15, -0.1) is 0 Å². The zero-order valence-electron chi connectivity index (χ0n) is 12.2. The number of nitrogens with zero attached hydrogens (tertiary/aromatic N) is 1. The van der Waals surface area contributed by atoms with Crippen molar-refractivity contribution >= 4 is 5.91 Å². The van der Waals surface area contributed by atoms with Crippen LogP contribution in [0.3, 0.4) is 0 Å². The number of hydrogen-bond acceptors (Lipinski definition) is 2. The highest BCUT2D eigenvalue weighted by Crippen LogP contribution is 2.23. The molecule has 0 aliphatic heterocycles. The summed E-state index contributed by atoms with van der Waals surface area (Å²) >= 11 is 0. The second-order valence-corrected chi connectivity index (χ2v) is 5.56. The first kappa shape index (κ1) is 15.5. The minimum atomic E-state index is 0.356. The molecular formula is C15H30N2O. The van der Waals surface area contributed by atoms with E-state index in [9.17, 15) is 4.79 Å². The molecule has 0 aromatic rings. The average molecular weight is 254 g/mol. The fourth-order valence-corrected chi connectivity index (χ4v) is 2.90. The highest BCUT2D eigenvalue weighted by molar-refractivity contribution is 5.76. The lowest BCUT2D eigenvalue weighted by atomic mass is 9.90. The van der Waals surface area contributed by atoms with Crippen molar-refractivity contribution in [2.24, 2.45) is 5.73 Å². The summed E-state index contributed by atoms with van der Waals surface area (Å²) in [5, 5.41) is 0. The van der Waals surface area contributed by atoms with E-state index < -0.39 is 0 Å². The third-order valence-electron chi connectivity index (χ3n) is 4.09. The summed E-state index contributed by atoms with van der Waals surface area (Å²) in [5.41, 5.74) is 5.92. The van der Waals surface area contributed by atoms with E-state index in [1.54, 1.807) is 0 Å². The maximum atomic E-state index is 12.2. The van der Waals surface area contributed by atoms with Crippen molar-refractivity contribution in [3.63, 3.8) is 0 Å². The molecule has 3 heteroatoms.